The van der Waals surface area contributed by atoms with E-state index in [-0.39, 0.29) is 31.6 Å². The van der Waals surface area contributed by atoms with Crippen molar-refractivity contribution in [2.75, 3.05) is 20.0 Å². The van der Waals surface area contributed by atoms with Crippen molar-refractivity contribution in [2.24, 2.45) is 17.8 Å². The molecule has 2 saturated heterocycles. The molecule has 2 aliphatic carbocycles. The minimum Gasteiger partial charge on any atom is -0.468 e. The topological polar surface area (TPSA) is 63.2 Å². The van der Waals surface area contributed by atoms with Crippen molar-refractivity contribution in [1.82, 2.24) is 0 Å². The van der Waals surface area contributed by atoms with Gasteiger partial charge in [-0.3, -0.25) is 4.79 Å². The van der Waals surface area contributed by atoms with Gasteiger partial charge in [0, 0.05) is 0 Å². The van der Waals surface area contributed by atoms with Gasteiger partial charge in [-0.2, -0.15) is 0 Å². The molecule has 0 aromatic heterocycles. The van der Waals surface area contributed by atoms with E-state index in [1.54, 1.807) is 0 Å². The normalized spacial score (nSPS) is 28.7. The van der Waals surface area contributed by atoms with Crippen LogP contribution in [0.3, 0.4) is 0 Å². The Morgan fingerprint density at radius 2 is 1.00 bits per heavy atom. The molecule has 2 heterocycles. The third-order valence-corrected chi connectivity index (χ3v) is 12.2. The van der Waals surface area contributed by atoms with Gasteiger partial charge in [0.25, 0.3) is 0 Å². The summed E-state index contributed by atoms with van der Waals surface area (Å²) in [5.41, 5.74) is 7.53. The molecule has 0 unspecified atom stereocenters. The standard InChI is InChI=1S/C46H52O6/c1-30-3-7-32(8-4-30)34-11-15-36(16-12-34)38-19-23-40(24-20-38)50-29-51-43-28-49-44-42(27-48-45(43)44)46(47)52-41-25-21-39(22-26-41)37-17-13-35(14-18-37)33-9-5-31(2)6-10-33/h11-26,30-33,42-45H,3-10,27-29H2,1-2H3/t30?,31?,32?,33?,42-,43+,44-,45-/m1/s1. The zero-order valence-corrected chi connectivity index (χ0v) is 30.6. The van der Waals surface area contributed by atoms with E-state index in [9.17, 15) is 4.79 Å². The molecule has 2 aliphatic heterocycles. The van der Waals surface area contributed by atoms with E-state index in [2.05, 4.69) is 74.5 Å². The molecular weight excluding hydrogens is 648 g/mol. The van der Waals surface area contributed by atoms with Crippen LogP contribution in [-0.2, 0) is 19.0 Å². The average molecular weight is 701 g/mol. The summed E-state index contributed by atoms with van der Waals surface area (Å²) in [6, 6.07) is 33.9. The van der Waals surface area contributed by atoms with E-state index in [0.29, 0.717) is 24.2 Å². The lowest BCUT2D eigenvalue weighted by Crippen LogP contribution is -2.35. The molecule has 8 rings (SSSR count). The number of benzene rings is 4. The number of carbonyl (C=O) groups excluding carboxylic acids is 1. The van der Waals surface area contributed by atoms with Crippen LogP contribution in [0.5, 0.6) is 11.5 Å². The van der Waals surface area contributed by atoms with E-state index in [1.165, 1.54) is 68.1 Å². The first-order valence-corrected chi connectivity index (χ1v) is 19.6. The summed E-state index contributed by atoms with van der Waals surface area (Å²) in [5.74, 6) is 3.49. The zero-order chi connectivity index (χ0) is 35.4. The van der Waals surface area contributed by atoms with Gasteiger partial charge in [-0.15, -0.1) is 0 Å². The second kappa shape index (κ2) is 16.0. The summed E-state index contributed by atoms with van der Waals surface area (Å²) < 4.78 is 29.8. The highest BCUT2D eigenvalue weighted by Crippen LogP contribution is 2.38. The van der Waals surface area contributed by atoms with E-state index in [0.717, 1.165) is 34.3 Å². The molecule has 0 amide bonds. The summed E-state index contributed by atoms with van der Waals surface area (Å²) in [4.78, 5) is 13.2. The highest BCUT2D eigenvalue weighted by atomic mass is 16.7. The van der Waals surface area contributed by atoms with Gasteiger partial charge < -0.3 is 23.7 Å². The number of ether oxygens (including phenoxy) is 5. The quantitative estimate of drug-likeness (QED) is 0.0932. The van der Waals surface area contributed by atoms with E-state index in [1.807, 2.05) is 36.4 Å². The number of esters is 1. The Hall–Kier alpha value is -3.97. The van der Waals surface area contributed by atoms with Gasteiger partial charge in [0.05, 0.1) is 13.2 Å². The van der Waals surface area contributed by atoms with Gasteiger partial charge in [0.1, 0.15) is 35.7 Å². The van der Waals surface area contributed by atoms with Crippen molar-refractivity contribution in [2.45, 2.75) is 95.4 Å². The summed E-state index contributed by atoms with van der Waals surface area (Å²) in [6.45, 7) is 5.37. The molecule has 0 spiro atoms. The van der Waals surface area contributed by atoms with Gasteiger partial charge >= 0.3 is 5.97 Å². The Labute approximate surface area is 308 Å². The number of hydrogen-bond donors (Lipinski definition) is 0. The van der Waals surface area contributed by atoms with Crippen LogP contribution in [-0.4, -0.2) is 44.3 Å². The molecule has 4 aliphatic rings. The molecule has 4 atom stereocenters. The first-order valence-electron chi connectivity index (χ1n) is 19.6. The number of rotatable bonds is 10. The molecule has 272 valence electrons. The molecule has 4 aromatic rings. The van der Waals surface area contributed by atoms with Crippen LogP contribution in [0.15, 0.2) is 97.1 Å². The van der Waals surface area contributed by atoms with Gasteiger partial charge in [0.15, 0.2) is 6.79 Å². The number of hydrogen-bond acceptors (Lipinski definition) is 6. The lowest BCUT2D eigenvalue weighted by atomic mass is 9.79. The van der Waals surface area contributed by atoms with Gasteiger partial charge in [-0.25, -0.2) is 0 Å². The first-order chi connectivity index (χ1) is 25.5. The molecule has 0 radical (unpaired) electrons. The minimum atomic E-state index is -0.512. The predicted octanol–water partition coefficient (Wildman–Crippen LogP) is 10.3. The summed E-state index contributed by atoms with van der Waals surface area (Å²) in [7, 11) is 0. The SMILES string of the molecule is CC1CCC(c2ccc(-c3ccc(OCO[C@H]4CO[C@H]5[C@@H]4OC[C@H]5C(=O)Oc4ccc(-c5ccc(C6CCC(C)CC6)cc5)cc4)cc3)cc2)CC1. The van der Waals surface area contributed by atoms with E-state index in [4.69, 9.17) is 23.7 Å². The van der Waals surface area contributed by atoms with Crippen LogP contribution < -0.4 is 9.47 Å². The third-order valence-electron chi connectivity index (χ3n) is 12.2. The largest absolute Gasteiger partial charge is 0.468 e. The van der Waals surface area contributed by atoms with Crippen molar-refractivity contribution in [3.05, 3.63) is 108 Å². The lowest BCUT2D eigenvalue weighted by Gasteiger charge is -2.26. The highest BCUT2D eigenvalue weighted by Gasteiger charge is 2.51. The maximum Gasteiger partial charge on any atom is 0.319 e. The van der Waals surface area contributed by atoms with Crippen LogP contribution in [0.25, 0.3) is 22.3 Å². The fraction of sp³-hybridized carbons (Fsp3) is 0.457. The van der Waals surface area contributed by atoms with Crippen LogP contribution >= 0.6 is 0 Å². The Morgan fingerprint density at radius 3 is 1.50 bits per heavy atom. The Morgan fingerprint density at radius 1 is 0.558 bits per heavy atom. The Kier molecular flexibility index (Phi) is 10.8. The molecule has 6 heteroatoms. The third kappa shape index (κ3) is 8.00. The van der Waals surface area contributed by atoms with Gasteiger partial charge in [-0.1, -0.05) is 112 Å². The van der Waals surface area contributed by atoms with Crippen LogP contribution in [0.4, 0.5) is 0 Å². The maximum atomic E-state index is 13.2. The first kappa shape index (κ1) is 35.1. The van der Waals surface area contributed by atoms with Crippen molar-refractivity contribution < 1.29 is 28.5 Å². The molecule has 0 N–H and O–H groups in total. The van der Waals surface area contributed by atoms with Crippen LogP contribution in [0, 0.1) is 17.8 Å². The number of fused-ring (bicyclic) bond motifs is 1. The molecule has 4 aromatic carbocycles. The van der Waals surface area contributed by atoms with E-state index < -0.39 is 12.0 Å². The van der Waals surface area contributed by atoms with Gasteiger partial charge in [-0.05, 0) is 107 Å². The smallest absolute Gasteiger partial charge is 0.319 e. The number of carbonyl (C=O) groups is 1. The van der Waals surface area contributed by atoms with Crippen molar-refractivity contribution in [3.8, 4) is 33.8 Å². The Bertz CT molecular complexity index is 1750. The second-order valence-electron chi connectivity index (χ2n) is 15.8. The monoisotopic (exact) mass is 700 g/mol. The summed E-state index contributed by atoms with van der Waals surface area (Å²) >= 11 is 0. The highest BCUT2D eigenvalue weighted by molar-refractivity contribution is 5.77. The second-order valence-corrected chi connectivity index (χ2v) is 15.8. The summed E-state index contributed by atoms with van der Waals surface area (Å²) in [5, 5.41) is 0. The predicted molar refractivity (Wildman–Crippen MR) is 203 cm³/mol. The molecule has 52 heavy (non-hydrogen) atoms. The zero-order valence-electron chi connectivity index (χ0n) is 30.6. The Balaban J connectivity index is 0.782. The lowest BCUT2D eigenvalue weighted by molar-refractivity contribution is -0.142. The van der Waals surface area contributed by atoms with Crippen LogP contribution in [0.2, 0.25) is 0 Å². The van der Waals surface area contributed by atoms with Crippen molar-refractivity contribution in [1.29, 1.82) is 0 Å². The minimum absolute atomic E-state index is 0.0682. The molecule has 0 bridgehead atoms. The summed E-state index contributed by atoms with van der Waals surface area (Å²) in [6.07, 6.45) is 9.41. The molecule has 6 nitrogen and oxygen atoms in total. The van der Waals surface area contributed by atoms with Gasteiger partial charge in [0.2, 0.25) is 0 Å². The van der Waals surface area contributed by atoms with Crippen molar-refractivity contribution >= 4 is 5.97 Å². The van der Waals surface area contributed by atoms with E-state index >= 15 is 0 Å². The molecule has 2 saturated carbocycles. The molecule has 4 fully saturated rings. The fourth-order valence-corrected chi connectivity index (χ4v) is 8.73. The van der Waals surface area contributed by atoms with Crippen LogP contribution in [0.1, 0.15) is 88.2 Å². The average Bonchev–Trinajstić information content (AvgIpc) is 3.79. The fourth-order valence-electron chi connectivity index (χ4n) is 8.73. The molecular formula is C46H52O6. The maximum absolute atomic E-state index is 13.2. The van der Waals surface area contributed by atoms with Crippen molar-refractivity contribution in [3.63, 3.8) is 0 Å².